The van der Waals surface area contributed by atoms with Crippen molar-refractivity contribution < 1.29 is 19.1 Å². The number of nitrogens with zero attached hydrogens (tertiary/aromatic N) is 2. The first-order chi connectivity index (χ1) is 16.4. The number of nitrogens with one attached hydrogen (secondary N) is 1. The highest BCUT2D eigenvalue weighted by molar-refractivity contribution is 5.91. The van der Waals surface area contributed by atoms with E-state index in [1.54, 1.807) is 25.8 Å². The quantitative estimate of drug-likeness (QED) is 0.384. The number of ether oxygens (including phenoxy) is 1. The summed E-state index contributed by atoms with van der Waals surface area (Å²) in [6.07, 6.45) is 9.63. The van der Waals surface area contributed by atoms with E-state index in [1.165, 1.54) is 12.8 Å². The van der Waals surface area contributed by atoms with Gasteiger partial charge in [-0.1, -0.05) is 60.0 Å². The third kappa shape index (κ3) is 7.80. The van der Waals surface area contributed by atoms with Gasteiger partial charge >= 0.3 is 5.97 Å². The van der Waals surface area contributed by atoms with Crippen LogP contribution >= 0.6 is 0 Å². The molecule has 3 atom stereocenters. The normalized spacial score (nSPS) is 22.1. The summed E-state index contributed by atoms with van der Waals surface area (Å²) in [4.78, 5) is 43.7. The molecule has 1 saturated carbocycles. The van der Waals surface area contributed by atoms with E-state index >= 15 is 0 Å². The van der Waals surface area contributed by atoms with Crippen LogP contribution in [0.5, 0.6) is 0 Å². The number of likely N-dealkylation sites (tertiary alicyclic amines) is 1. The van der Waals surface area contributed by atoms with Gasteiger partial charge in [-0.15, -0.1) is 0 Å². The first kappa shape index (κ1) is 29.3. The van der Waals surface area contributed by atoms with Gasteiger partial charge in [-0.2, -0.15) is 0 Å². The molecular formula is C28H49N3O4. The summed E-state index contributed by atoms with van der Waals surface area (Å²) < 4.78 is 5.13. The van der Waals surface area contributed by atoms with Crippen molar-refractivity contribution in [1.29, 1.82) is 0 Å². The van der Waals surface area contributed by atoms with Crippen molar-refractivity contribution in [3.63, 3.8) is 0 Å². The zero-order valence-electron chi connectivity index (χ0n) is 23.4. The number of piperidine rings is 1. The monoisotopic (exact) mass is 491 g/mol. The maximum absolute atomic E-state index is 13.8. The molecule has 0 aromatic heterocycles. The van der Waals surface area contributed by atoms with Crippen molar-refractivity contribution in [2.45, 2.75) is 118 Å². The average Bonchev–Trinajstić information content (AvgIpc) is 3.33. The highest BCUT2D eigenvalue weighted by Crippen LogP contribution is 2.30. The summed E-state index contributed by atoms with van der Waals surface area (Å²) in [6, 6.07) is -0.635. The van der Waals surface area contributed by atoms with Gasteiger partial charge in [-0.25, -0.2) is 4.79 Å². The molecule has 1 unspecified atom stereocenters. The summed E-state index contributed by atoms with van der Waals surface area (Å²) in [6.45, 7) is 14.8. The third-order valence-electron chi connectivity index (χ3n) is 7.54. The van der Waals surface area contributed by atoms with E-state index in [4.69, 9.17) is 4.74 Å². The van der Waals surface area contributed by atoms with Crippen LogP contribution in [-0.2, 0) is 19.1 Å². The molecule has 2 rings (SSSR count). The Hall–Kier alpha value is -1.89. The average molecular weight is 492 g/mol. The molecule has 0 aromatic carbocycles. The van der Waals surface area contributed by atoms with Gasteiger partial charge in [0.1, 0.15) is 6.04 Å². The highest BCUT2D eigenvalue weighted by atomic mass is 16.5. The molecule has 2 aliphatic rings. The van der Waals surface area contributed by atoms with E-state index in [2.05, 4.69) is 10.2 Å². The lowest BCUT2D eigenvalue weighted by Crippen LogP contribution is -2.60. The number of hydrogen-bond acceptors (Lipinski definition) is 5. The van der Waals surface area contributed by atoms with Crippen LogP contribution in [0.25, 0.3) is 0 Å². The van der Waals surface area contributed by atoms with Gasteiger partial charge in [-0.3, -0.25) is 14.5 Å². The van der Waals surface area contributed by atoms with Crippen LogP contribution in [-0.4, -0.2) is 72.0 Å². The van der Waals surface area contributed by atoms with Crippen LogP contribution in [0, 0.1) is 11.3 Å². The second-order valence-corrected chi connectivity index (χ2v) is 11.7. The number of carbonyl (C=O) groups excluding carboxylic acids is 3. The molecule has 0 aromatic rings. The number of esters is 1. The van der Waals surface area contributed by atoms with Crippen LogP contribution in [0.15, 0.2) is 11.6 Å². The zero-order chi connectivity index (χ0) is 26.3. The van der Waals surface area contributed by atoms with Gasteiger partial charge in [0.2, 0.25) is 11.8 Å². The Bertz CT molecular complexity index is 765. The van der Waals surface area contributed by atoms with Gasteiger partial charge in [0.15, 0.2) is 0 Å². The van der Waals surface area contributed by atoms with E-state index in [1.807, 2.05) is 40.7 Å². The number of carbonyl (C=O) groups is 3. The van der Waals surface area contributed by atoms with Crippen molar-refractivity contribution in [3.8, 4) is 0 Å². The van der Waals surface area contributed by atoms with Gasteiger partial charge < -0.3 is 15.0 Å². The minimum Gasteiger partial charge on any atom is -0.463 e. The smallest absolute Gasteiger partial charge is 0.333 e. The van der Waals surface area contributed by atoms with Gasteiger partial charge in [0, 0.05) is 18.7 Å². The predicted octanol–water partition coefficient (Wildman–Crippen LogP) is 4.31. The fourth-order valence-corrected chi connectivity index (χ4v) is 5.47. The first-order valence-electron chi connectivity index (χ1n) is 13.6. The molecule has 7 heteroatoms. The molecule has 0 radical (unpaired) electrons. The largest absolute Gasteiger partial charge is 0.463 e. The van der Waals surface area contributed by atoms with E-state index in [-0.39, 0.29) is 35.8 Å². The van der Waals surface area contributed by atoms with Crippen LogP contribution in [0.4, 0.5) is 0 Å². The molecule has 7 nitrogen and oxygen atoms in total. The summed E-state index contributed by atoms with van der Waals surface area (Å²) in [5.74, 6) is -0.455. The van der Waals surface area contributed by atoms with E-state index in [0.717, 1.165) is 38.6 Å². The van der Waals surface area contributed by atoms with Crippen LogP contribution in [0.1, 0.15) is 93.4 Å². The Kier molecular flexibility index (Phi) is 10.8. The molecular weight excluding hydrogens is 442 g/mol. The maximum atomic E-state index is 13.8. The van der Waals surface area contributed by atoms with Gasteiger partial charge in [0.25, 0.3) is 0 Å². The fraction of sp³-hybridized carbons (Fsp3) is 0.821. The van der Waals surface area contributed by atoms with Crippen molar-refractivity contribution in [2.24, 2.45) is 11.3 Å². The molecule has 1 aliphatic heterocycles. The molecule has 2 amide bonds. The topological polar surface area (TPSA) is 79.0 Å². The van der Waals surface area contributed by atoms with Crippen molar-refractivity contribution in [3.05, 3.63) is 11.6 Å². The van der Waals surface area contributed by atoms with E-state index < -0.39 is 11.5 Å². The second-order valence-electron chi connectivity index (χ2n) is 11.7. The Morgan fingerprint density at radius 3 is 2.23 bits per heavy atom. The number of amides is 2. The minimum absolute atomic E-state index is 0.0300. The zero-order valence-corrected chi connectivity index (χ0v) is 23.4. The Labute approximate surface area is 213 Å². The Morgan fingerprint density at radius 2 is 1.69 bits per heavy atom. The second kappa shape index (κ2) is 12.9. The number of rotatable bonds is 9. The molecule has 0 bridgehead atoms. The van der Waals surface area contributed by atoms with Crippen LogP contribution in [0.3, 0.4) is 0 Å². The van der Waals surface area contributed by atoms with Gasteiger partial charge in [0.05, 0.1) is 18.7 Å². The van der Waals surface area contributed by atoms with Crippen LogP contribution in [0.2, 0.25) is 0 Å². The predicted molar refractivity (Wildman–Crippen MR) is 140 cm³/mol. The molecule has 35 heavy (non-hydrogen) atoms. The molecule has 200 valence electrons. The maximum Gasteiger partial charge on any atom is 0.333 e. The Balaban J connectivity index is 2.23. The lowest BCUT2D eigenvalue weighted by atomic mass is 9.84. The summed E-state index contributed by atoms with van der Waals surface area (Å²) in [7, 11) is 1.76. The lowest BCUT2D eigenvalue weighted by Gasteiger charge is -2.41. The molecule has 1 N–H and O–H groups in total. The summed E-state index contributed by atoms with van der Waals surface area (Å²) >= 11 is 0. The summed E-state index contributed by atoms with van der Waals surface area (Å²) in [5, 5.41) is 3.17. The van der Waals surface area contributed by atoms with Crippen molar-refractivity contribution in [2.75, 3.05) is 20.2 Å². The van der Waals surface area contributed by atoms with E-state index in [9.17, 15) is 14.4 Å². The lowest BCUT2D eigenvalue weighted by molar-refractivity contribution is -0.142. The SMILES string of the molecule is CCOC(=O)/C(C)=C/[C@H](C(C)C)N(C)C(=O)[C@@H](NC(=O)C1CCCCN1C1CCCC1)C(C)(C)C. The molecule has 1 heterocycles. The van der Waals surface area contributed by atoms with E-state index in [0.29, 0.717) is 18.2 Å². The number of likely N-dealkylation sites (N-methyl/N-ethyl adjacent to an activating group) is 1. The highest BCUT2D eigenvalue weighted by Gasteiger charge is 2.41. The van der Waals surface area contributed by atoms with Crippen molar-refractivity contribution in [1.82, 2.24) is 15.1 Å². The molecule has 0 spiro atoms. The minimum atomic E-state index is -0.662. The third-order valence-corrected chi connectivity index (χ3v) is 7.54. The Morgan fingerprint density at radius 1 is 1.09 bits per heavy atom. The van der Waals surface area contributed by atoms with Gasteiger partial charge in [-0.05, 0) is 57.4 Å². The summed E-state index contributed by atoms with van der Waals surface area (Å²) in [5.41, 5.74) is 0.0194. The molecule has 1 aliphatic carbocycles. The number of hydrogen-bond donors (Lipinski definition) is 1. The van der Waals surface area contributed by atoms with Crippen LogP contribution < -0.4 is 5.32 Å². The van der Waals surface area contributed by atoms with Crippen molar-refractivity contribution >= 4 is 17.8 Å². The molecule has 1 saturated heterocycles. The standard InChI is InChI=1S/C28H49N3O4/c1-9-35-27(34)20(4)18-23(19(2)3)30(8)26(33)24(28(5,6)7)29-25(32)22-16-12-13-17-31(22)21-14-10-11-15-21/h18-19,21-24H,9-17H2,1-8H3,(H,29,32)/b20-18+/t22?,23-,24-/m1/s1. The fourth-order valence-electron chi connectivity index (χ4n) is 5.47. The first-order valence-corrected chi connectivity index (χ1v) is 13.6. The molecule has 2 fully saturated rings.